The molecule has 0 atom stereocenters. The third-order valence-electron chi connectivity index (χ3n) is 3.59. The maximum atomic E-state index is 12.6. The van der Waals surface area contributed by atoms with E-state index in [1.165, 1.54) is 4.68 Å². The van der Waals surface area contributed by atoms with E-state index in [2.05, 4.69) is 10.1 Å². The zero-order valence-electron chi connectivity index (χ0n) is 12.5. The van der Waals surface area contributed by atoms with Crippen molar-refractivity contribution in [2.24, 2.45) is 0 Å². The molecule has 0 aliphatic rings. The summed E-state index contributed by atoms with van der Waals surface area (Å²) in [5.41, 5.74) is 2.54. The molecule has 0 aliphatic heterocycles. The highest BCUT2D eigenvalue weighted by atomic mass is 16.5. The van der Waals surface area contributed by atoms with Crippen molar-refractivity contribution in [1.29, 1.82) is 0 Å². The number of pyridine rings is 1. The molecular weight excluding hydrogens is 278 g/mol. The average Bonchev–Trinajstić information content (AvgIpc) is 2.84. The number of nitrogens with zero attached hydrogens (tertiary/aromatic N) is 2. The molecule has 22 heavy (non-hydrogen) atoms. The largest absolute Gasteiger partial charge is 0.497 e. The molecular formula is C17H17N3O2. The second-order valence-electron chi connectivity index (χ2n) is 5.07. The van der Waals surface area contributed by atoms with E-state index in [1.807, 2.05) is 43.3 Å². The van der Waals surface area contributed by atoms with Crippen molar-refractivity contribution in [2.75, 3.05) is 7.11 Å². The number of methoxy groups -OCH3 is 1. The van der Waals surface area contributed by atoms with Gasteiger partial charge in [-0.25, -0.2) is 9.67 Å². The molecule has 0 spiro atoms. The van der Waals surface area contributed by atoms with Crippen LogP contribution < -0.4 is 10.3 Å². The van der Waals surface area contributed by atoms with E-state index in [0.717, 1.165) is 22.6 Å². The normalized spacial score (nSPS) is 10.6. The van der Waals surface area contributed by atoms with Crippen molar-refractivity contribution in [2.45, 2.75) is 13.3 Å². The number of hydrogen-bond acceptors (Lipinski definition) is 3. The van der Waals surface area contributed by atoms with E-state index >= 15 is 0 Å². The van der Waals surface area contributed by atoms with Gasteiger partial charge in [-0.3, -0.25) is 9.89 Å². The zero-order chi connectivity index (χ0) is 15.5. The van der Waals surface area contributed by atoms with Gasteiger partial charge in [-0.15, -0.1) is 0 Å². The van der Waals surface area contributed by atoms with E-state index in [1.54, 1.807) is 19.4 Å². The molecule has 0 unspecified atom stereocenters. The molecule has 3 rings (SSSR count). The SMILES string of the molecule is COc1cccc(Cc2c(C)[nH]n(-c3ccccn3)c2=O)c1. The highest BCUT2D eigenvalue weighted by molar-refractivity contribution is 5.34. The molecule has 0 amide bonds. The van der Waals surface area contributed by atoms with Crippen molar-refractivity contribution in [3.8, 4) is 11.6 Å². The van der Waals surface area contributed by atoms with Crippen LogP contribution >= 0.6 is 0 Å². The van der Waals surface area contributed by atoms with Crippen LogP contribution in [0, 0.1) is 6.92 Å². The second kappa shape index (κ2) is 5.89. The quantitative estimate of drug-likeness (QED) is 0.804. The number of benzene rings is 1. The van der Waals surface area contributed by atoms with Crippen LogP contribution in [0.2, 0.25) is 0 Å². The van der Waals surface area contributed by atoms with Crippen molar-refractivity contribution < 1.29 is 4.74 Å². The average molecular weight is 295 g/mol. The van der Waals surface area contributed by atoms with Crippen LogP contribution in [0.4, 0.5) is 0 Å². The van der Waals surface area contributed by atoms with Gasteiger partial charge in [0.1, 0.15) is 5.75 Å². The molecule has 0 aliphatic carbocycles. The van der Waals surface area contributed by atoms with Crippen LogP contribution in [-0.2, 0) is 6.42 Å². The third-order valence-corrected chi connectivity index (χ3v) is 3.59. The fourth-order valence-corrected chi connectivity index (χ4v) is 2.42. The summed E-state index contributed by atoms with van der Waals surface area (Å²) in [6.07, 6.45) is 2.22. The Morgan fingerprint density at radius 1 is 1.23 bits per heavy atom. The lowest BCUT2D eigenvalue weighted by molar-refractivity contribution is 0.414. The Balaban J connectivity index is 1.98. The third kappa shape index (κ3) is 2.65. The van der Waals surface area contributed by atoms with Gasteiger partial charge in [0.2, 0.25) is 0 Å². The first-order valence-electron chi connectivity index (χ1n) is 7.04. The van der Waals surface area contributed by atoms with Crippen LogP contribution in [0.15, 0.2) is 53.5 Å². The van der Waals surface area contributed by atoms with Gasteiger partial charge in [-0.1, -0.05) is 18.2 Å². The number of aryl methyl sites for hydroxylation is 1. The zero-order valence-corrected chi connectivity index (χ0v) is 12.5. The Labute approximate surface area is 128 Å². The summed E-state index contributed by atoms with van der Waals surface area (Å²) < 4.78 is 6.70. The first-order chi connectivity index (χ1) is 10.7. The summed E-state index contributed by atoms with van der Waals surface area (Å²) in [5, 5.41) is 3.09. The van der Waals surface area contributed by atoms with Crippen LogP contribution in [-0.4, -0.2) is 21.9 Å². The molecule has 0 radical (unpaired) electrons. The van der Waals surface area contributed by atoms with Gasteiger partial charge in [0, 0.05) is 23.9 Å². The van der Waals surface area contributed by atoms with Crippen LogP contribution in [0.5, 0.6) is 5.75 Å². The Bertz CT molecular complexity index is 835. The number of nitrogens with one attached hydrogen (secondary N) is 1. The van der Waals surface area contributed by atoms with Gasteiger partial charge in [-0.2, -0.15) is 0 Å². The highest BCUT2D eigenvalue weighted by Gasteiger charge is 2.13. The first kappa shape index (κ1) is 14.1. The van der Waals surface area contributed by atoms with Gasteiger partial charge in [0.05, 0.1) is 7.11 Å². The molecule has 1 aromatic carbocycles. The predicted octanol–water partition coefficient (Wildman–Crippen LogP) is 2.47. The lowest BCUT2D eigenvalue weighted by atomic mass is 10.1. The summed E-state index contributed by atoms with van der Waals surface area (Å²) in [6, 6.07) is 13.2. The van der Waals surface area contributed by atoms with E-state index in [-0.39, 0.29) is 5.56 Å². The van der Waals surface area contributed by atoms with Gasteiger partial charge in [0.25, 0.3) is 5.56 Å². The van der Waals surface area contributed by atoms with Gasteiger partial charge in [-0.05, 0) is 36.8 Å². The van der Waals surface area contributed by atoms with Gasteiger partial charge in [0.15, 0.2) is 5.82 Å². The summed E-state index contributed by atoms with van der Waals surface area (Å²) in [7, 11) is 1.63. The fraction of sp³-hybridized carbons (Fsp3) is 0.176. The van der Waals surface area contributed by atoms with Gasteiger partial charge < -0.3 is 4.74 Å². The van der Waals surface area contributed by atoms with E-state index in [9.17, 15) is 4.79 Å². The Kier molecular flexibility index (Phi) is 3.78. The Morgan fingerprint density at radius 3 is 2.82 bits per heavy atom. The number of rotatable bonds is 4. The maximum absolute atomic E-state index is 12.6. The number of aromatic amines is 1. The molecule has 2 aromatic heterocycles. The lowest BCUT2D eigenvalue weighted by Crippen LogP contribution is -2.18. The van der Waals surface area contributed by atoms with Crippen molar-refractivity contribution >= 4 is 0 Å². The van der Waals surface area contributed by atoms with E-state index < -0.39 is 0 Å². The maximum Gasteiger partial charge on any atom is 0.276 e. The molecule has 0 fully saturated rings. The minimum Gasteiger partial charge on any atom is -0.497 e. The molecule has 0 saturated heterocycles. The van der Waals surface area contributed by atoms with Crippen molar-refractivity contribution in [1.82, 2.24) is 14.8 Å². The lowest BCUT2D eigenvalue weighted by Gasteiger charge is -2.03. The highest BCUT2D eigenvalue weighted by Crippen LogP contribution is 2.16. The van der Waals surface area contributed by atoms with E-state index in [0.29, 0.717) is 12.2 Å². The topological polar surface area (TPSA) is 59.9 Å². The van der Waals surface area contributed by atoms with Gasteiger partial charge >= 0.3 is 0 Å². The molecule has 1 N–H and O–H groups in total. The summed E-state index contributed by atoms with van der Waals surface area (Å²) in [4.78, 5) is 16.8. The molecule has 5 nitrogen and oxygen atoms in total. The number of H-pyrrole nitrogens is 1. The fourth-order valence-electron chi connectivity index (χ4n) is 2.42. The summed E-state index contributed by atoms with van der Waals surface area (Å²) in [6.45, 7) is 1.90. The monoisotopic (exact) mass is 295 g/mol. The Morgan fingerprint density at radius 2 is 2.09 bits per heavy atom. The molecule has 3 aromatic rings. The predicted molar refractivity (Wildman–Crippen MR) is 84.7 cm³/mol. The van der Waals surface area contributed by atoms with Crippen LogP contribution in [0.3, 0.4) is 0 Å². The molecule has 0 bridgehead atoms. The summed E-state index contributed by atoms with van der Waals surface area (Å²) in [5.74, 6) is 1.38. The van der Waals surface area contributed by atoms with E-state index in [4.69, 9.17) is 4.74 Å². The van der Waals surface area contributed by atoms with Crippen molar-refractivity contribution in [3.05, 3.63) is 75.8 Å². The molecule has 5 heteroatoms. The molecule has 0 saturated carbocycles. The summed E-state index contributed by atoms with van der Waals surface area (Å²) >= 11 is 0. The molecule has 112 valence electrons. The number of hydrogen-bond donors (Lipinski definition) is 1. The molecule has 2 heterocycles. The minimum absolute atomic E-state index is 0.0704. The van der Waals surface area contributed by atoms with Crippen LogP contribution in [0.1, 0.15) is 16.8 Å². The first-order valence-corrected chi connectivity index (χ1v) is 7.04. The second-order valence-corrected chi connectivity index (χ2v) is 5.07. The van der Waals surface area contributed by atoms with Crippen LogP contribution in [0.25, 0.3) is 5.82 Å². The number of ether oxygens (including phenoxy) is 1. The standard InChI is InChI=1S/C17H17N3O2/c1-12-15(11-13-6-5-7-14(10-13)22-2)17(21)20(19-12)16-8-3-4-9-18-16/h3-10,19H,11H2,1-2H3. The number of aromatic nitrogens is 3. The minimum atomic E-state index is -0.0704. The Hall–Kier alpha value is -2.82. The smallest absolute Gasteiger partial charge is 0.276 e. The van der Waals surface area contributed by atoms with Crippen molar-refractivity contribution in [3.63, 3.8) is 0 Å².